The number of furan rings is 1. The molecule has 0 bridgehead atoms. The first-order chi connectivity index (χ1) is 11.6. The number of carbonyl (C=O) groups excluding carboxylic acids is 1. The van der Waals surface area contributed by atoms with Crippen LogP contribution in [0.15, 0.2) is 65.1 Å². The predicted molar refractivity (Wildman–Crippen MR) is 93.4 cm³/mol. The maximum Gasteiger partial charge on any atom is 0.291 e. The molecule has 0 aliphatic heterocycles. The van der Waals surface area contributed by atoms with Crippen LogP contribution in [0.25, 0.3) is 0 Å². The number of para-hydroxylation sites is 1. The standard InChI is InChI=1S/C20H19NO3/c1-14-8-10-18(15(2)12-14)21-20(22)19-11-9-17(24-19)13-23-16-6-4-3-5-7-16/h3-12H,13H2,1-2H3,(H,21,22). The summed E-state index contributed by atoms with van der Waals surface area (Å²) in [5.74, 6) is 1.36. The molecule has 4 heteroatoms. The van der Waals surface area contributed by atoms with E-state index >= 15 is 0 Å². The molecule has 0 fully saturated rings. The second kappa shape index (κ2) is 7.04. The molecule has 0 aliphatic carbocycles. The Hall–Kier alpha value is -3.01. The number of ether oxygens (including phenoxy) is 1. The van der Waals surface area contributed by atoms with Gasteiger partial charge in [0.2, 0.25) is 0 Å². The molecule has 0 spiro atoms. The van der Waals surface area contributed by atoms with Crippen molar-refractivity contribution in [1.29, 1.82) is 0 Å². The van der Waals surface area contributed by atoms with E-state index in [-0.39, 0.29) is 18.3 Å². The molecule has 2 aromatic carbocycles. The smallest absolute Gasteiger partial charge is 0.291 e. The largest absolute Gasteiger partial charge is 0.486 e. The number of anilines is 1. The van der Waals surface area contributed by atoms with Crippen molar-refractivity contribution in [1.82, 2.24) is 0 Å². The van der Waals surface area contributed by atoms with Gasteiger partial charge in [0.05, 0.1) is 0 Å². The van der Waals surface area contributed by atoms with Crippen LogP contribution in [0.3, 0.4) is 0 Å². The average Bonchev–Trinajstić information content (AvgIpc) is 3.05. The van der Waals surface area contributed by atoms with Crippen molar-refractivity contribution in [3.05, 3.63) is 83.3 Å². The summed E-state index contributed by atoms with van der Waals surface area (Å²) < 4.78 is 11.2. The summed E-state index contributed by atoms with van der Waals surface area (Å²) in [6.45, 7) is 4.26. The first kappa shape index (κ1) is 15.9. The molecule has 24 heavy (non-hydrogen) atoms. The fraction of sp³-hybridized carbons (Fsp3) is 0.150. The number of benzene rings is 2. The van der Waals surface area contributed by atoms with Crippen LogP contribution in [0.2, 0.25) is 0 Å². The van der Waals surface area contributed by atoms with Gasteiger partial charge in [0.25, 0.3) is 5.91 Å². The highest BCUT2D eigenvalue weighted by Gasteiger charge is 2.13. The van der Waals surface area contributed by atoms with Gasteiger partial charge in [-0.3, -0.25) is 4.79 Å². The van der Waals surface area contributed by atoms with E-state index < -0.39 is 0 Å². The number of aryl methyl sites for hydroxylation is 2. The maximum atomic E-state index is 12.3. The zero-order valence-electron chi connectivity index (χ0n) is 13.7. The highest BCUT2D eigenvalue weighted by molar-refractivity contribution is 6.02. The van der Waals surface area contributed by atoms with Gasteiger partial charge in [-0.15, -0.1) is 0 Å². The number of nitrogens with one attached hydrogen (secondary N) is 1. The highest BCUT2D eigenvalue weighted by atomic mass is 16.5. The van der Waals surface area contributed by atoms with Crippen LogP contribution >= 0.6 is 0 Å². The molecule has 0 saturated carbocycles. The van der Waals surface area contributed by atoms with Crippen molar-refractivity contribution in [2.24, 2.45) is 0 Å². The lowest BCUT2D eigenvalue weighted by atomic mass is 10.1. The van der Waals surface area contributed by atoms with Crippen molar-refractivity contribution in [2.45, 2.75) is 20.5 Å². The number of carbonyl (C=O) groups is 1. The Labute approximate surface area is 141 Å². The Kier molecular flexibility index (Phi) is 4.66. The molecule has 3 rings (SSSR count). The molecule has 1 amide bonds. The summed E-state index contributed by atoms with van der Waals surface area (Å²) in [5.41, 5.74) is 2.95. The van der Waals surface area contributed by atoms with E-state index in [0.29, 0.717) is 5.76 Å². The summed E-state index contributed by atoms with van der Waals surface area (Å²) >= 11 is 0. The first-order valence-corrected chi connectivity index (χ1v) is 7.77. The third-order valence-corrected chi connectivity index (χ3v) is 3.64. The molecule has 0 unspecified atom stereocenters. The topological polar surface area (TPSA) is 51.5 Å². The molecule has 1 N–H and O–H groups in total. The molecule has 0 aliphatic rings. The Morgan fingerprint density at radius 1 is 1.04 bits per heavy atom. The Bertz CT molecular complexity index is 837. The minimum atomic E-state index is -0.270. The normalized spacial score (nSPS) is 10.4. The summed E-state index contributed by atoms with van der Waals surface area (Å²) in [6.07, 6.45) is 0. The Morgan fingerprint density at radius 3 is 2.58 bits per heavy atom. The monoisotopic (exact) mass is 321 g/mol. The van der Waals surface area contributed by atoms with E-state index in [2.05, 4.69) is 5.32 Å². The third kappa shape index (κ3) is 3.84. The molecule has 0 saturated heterocycles. The van der Waals surface area contributed by atoms with E-state index in [9.17, 15) is 4.79 Å². The quantitative estimate of drug-likeness (QED) is 0.739. The van der Waals surface area contributed by atoms with Gasteiger partial charge >= 0.3 is 0 Å². The summed E-state index contributed by atoms with van der Waals surface area (Å²) in [6, 6.07) is 18.8. The fourth-order valence-corrected chi connectivity index (χ4v) is 2.39. The van der Waals surface area contributed by atoms with E-state index in [4.69, 9.17) is 9.15 Å². The molecule has 0 atom stereocenters. The van der Waals surface area contributed by atoms with Gasteiger partial charge in [-0.1, -0.05) is 35.9 Å². The molecular formula is C20H19NO3. The van der Waals surface area contributed by atoms with Crippen LogP contribution in [0.5, 0.6) is 5.75 Å². The highest BCUT2D eigenvalue weighted by Crippen LogP contribution is 2.18. The van der Waals surface area contributed by atoms with Gasteiger partial charge in [-0.25, -0.2) is 0 Å². The molecule has 3 aromatic rings. The van der Waals surface area contributed by atoms with Crippen molar-refractivity contribution in [2.75, 3.05) is 5.32 Å². The summed E-state index contributed by atoms with van der Waals surface area (Å²) in [4.78, 5) is 12.3. The zero-order chi connectivity index (χ0) is 16.9. The Morgan fingerprint density at radius 2 is 1.83 bits per heavy atom. The fourth-order valence-electron chi connectivity index (χ4n) is 2.39. The van der Waals surface area contributed by atoms with Crippen molar-refractivity contribution in [3.8, 4) is 5.75 Å². The summed E-state index contributed by atoms with van der Waals surface area (Å²) in [7, 11) is 0. The first-order valence-electron chi connectivity index (χ1n) is 7.77. The van der Waals surface area contributed by atoms with Crippen LogP contribution in [0.1, 0.15) is 27.4 Å². The second-order valence-corrected chi connectivity index (χ2v) is 5.64. The van der Waals surface area contributed by atoms with E-state index in [1.54, 1.807) is 12.1 Å². The SMILES string of the molecule is Cc1ccc(NC(=O)c2ccc(COc3ccccc3)o2)c(C)c1. The Balaban J connectivity index is 1.63. The van der Waals surface area contributed by atoms with Crippen molar-refractivity contribution < 1.29 is 13.9 Å². The number of rotatable bonds is 5. The van der Waals surface area contributed by atoms with E-state index in [1.165, 1.54) is 0 Å². The lowest BCUT2D eigenvalue weighted by molar-refractivity contribution is 0.0992. The van der Waals surface area contributed by atoms with Crippen LogP contribution in [0.4, 0.5) is 5.69 Å². The van der Waals surface area contributed by atoms with Gasteiger partial charge in [0, 0.05) is 5.69 Å². The van der Waals surface area contributed by atoms with Crippen LogP contribution < -0.4 is 10.1 Å². The zero-order valence-corrected chi connectivity index (χ0v) is 13.7. The third-order valence-electron chi connectivity index (χ3n) is 3.64. The minimum absolute atomic E-state index is 0.265. The lowest BCUT2D eigenvalue weighted by Gasteiger charge is -2.07. The number of hydrogen-bond donors (Lipinski definition) is 1. The number of hydrogen-bond acceptors (Lipinski definition) is 3. The van der Waals surface area contributed by atoms with Gasteiger partial charge in [0.1, 0.15) is 18.1 Å². The predicted octanol–water partition coefficient (Wildman–Crippen LogP) is 4.73. The molecule has 122 valence electrons. The average molecular weight is 321 g/mol. The summed E-state index contributed by atoms with van der Waals surface area (Å²) in [5, 5.41) is 2.87. The maximum absolute atomic E-state index is 12.3. The van der Waals surface area contributed by atoms with Crippen LogP contribution in [-0.4, -0.2) is 5.91 Å². The van der Waals surface area contributed by atoms with Crippen molar-refractivity contribution >= 4 is 11.6 Å². The molecule has 1 aromatic heterocycles. The van der Waals surface area contributed by atoms with Gasteiger partial charge < -0.3 is 14.5 Å². The number of amides is 1. The molecule has 4 nitrogen and oxygen atoms in total. The van der Waals surface area contributed by atoms with Crippen LogP contribution in [0, 0.1) is 13.8 Å². The van der Waals surface area contributed by atoms with E-state index in [1.807, 2.05) is 62.4 Å². The molecular weight excluding hydrogens is 302 g/mol. The van der Waals surface area contributed by atoms with Gasteiger partial charge in [-0.2, -0.15) is 0 Å². The lowest BCUT2D eigenvalue weighted by Crippen LogP contribution is -2.11. The molecule has 0 radical (unpaired) electrons. The van der Waals surface area contributed by atoms with Crippen molar-refractivity contribution in [3.63, 3.8) is 0 Å². The van der Waals surface area contributed by atoms with Gasteiger partial charge in [-0.05, 0) is 49.7 Å². The minimum Gasteiger partial charge on any atom is -0.486 e. The van der Waals surface area contributed by atoms with E-state index in [0.717, 1.165) is 22.6 Å². The molecule has 1 heterocycles. The second-order valence-electron chi connectivity index (χ2n) is 5.64. The van der Waals surface area contributed by atoms with Gasteiger partial charge in [0.15, 0.2) is 5.76 Å². The van der Waals surface area contributed by atoms with Crippen LogP contribution in [-0.2, 0) is 6.61 Å².